The average molecular weight is 148 g/mol. The number of hydrogen-bond donors (Lipinski definition) is 1. The smallest absolute Gasteiger partial charge is 0.0908 e. The van der Waals surface area contributed by atoms with Crippen molar-refractivity contribution in [3.05, 3.63) is 17.5 Å². The van der Waals surface area contributed by atoms with Gasteiger partial charge in [-0.15, -0.1) is 22.9 Å². The molecular weight excluding hydrogens is 142 g/mol. The lowest BCUT2D eigenvalue weighted by Crippen LogP contribution is -1.88. The summed E-state index contributed by atoms with van der Waals surface area (Å²) in [4.78, 5) is 0. The molecule has 1 rings (SSSR count). The third-order valence-electron chi connectivity index (χ3n) is 0.762. The van der Waals surface area contributed by atoms with E-state index < -0.39 is 0 Å². The van der Waals surface area contributed by atoms with E-state index in [-0.39, 0.29) is 0 Å². The second-order valence-corrected chi connectivity index (χ2v) is 2.50. The van der Waals surface area contributed by atoms with Gasteiger partial charge in [0.1, 0.15) is 0 Å². The van der Waals surface area contributed by atoms with Crippen LogP contribution < -0.4 is 5.32 Å². The predicted molar refractivity (Wildman–Crippen MR) is 38.7 cm³/mol. The standard InChI is InChI=1S/C5H6ClNS/c6-4-7-5-2-1-3-8-5/h1-3,7H,4H2. The third-order valence-corrected chi connectivity index (χ3v) is 1.72. The van der Waals surface area contributed by atoms with Crippen LogP contribution in [0.4, 0.5) is 5.00 Å². The van der Waals surface area contributed by atoms with E-state index in [0.29, 0.717) is 6.00 Å². The maximum atomic E-state index is 5.39. The zero-order valence-electron chi connectivity index (χ0n) is 4.23. The van der Waals surface area contributed by atoms with Crippen LogP contribution in [-0.2, 0) is 0 Å². The van der Waals surface area contributed by atoms with E-state index in [4.69, 9.17) is 11.6 Å². The molecule has 0 aromatic carbocycles. The molecule has 0 saturated heterocycles. The number of nitrogens with one attached hydrogen (secondary N) is 1. The first-order valence-electron chi connectivity index (χ1n) is 2.27. The van der Waals surface area contributed by atoms with Gasteiger partial charge < -0.3 is 5.32 Å². The van der Waals surface area contributed by atoms with E-state index in [0.717, 1.165) is 5.00 Å². The van der Waals surface area contributed by atoms with Crippen molar-refractivity contribution in [1.82, 2.24) is 0 Å². The molecule has 1 N–H and O–H groups in total. The van der Waals surface area contributed by atoms with Crippen LogP contribution in [0, 0.1) is 0 Å². The lowest BCUT2D eigenvalue weighted by Gasteiger charge is -1.91. The van der Waals surface area contributed by atoms with Crippen LogP contribution >= 0.6 is 22.9 Å². The summed E-state index contributed by atoms with van der Waals surface area (Å²) >= 11 is 7.04. The molecule has 0 radical (unpaired) electrons. The quantitative estimate of drug-likeness (QED) is 0.500. The Morgan fingerprint density at radius 2 is 2.62 bits per heavy atom. The van der Waals surface area contributed by atoms with Gasteiger partial charge in [0.05, 0.1) is 11.0 Å². The Morgan fingerprint density at radius 3 is 3.12 bits per heavy atom. The number of rotatable bonds is 2. The summed E-state index contributed by atoms with van der Waals surface area (Å²) in [6.45, 7) is 0. The summed E-state index contributed by atoms with van der Waals surface area (Å²) in [5, 5.41) is 6.11. The maximum Gasteiger partial charge on any atom is 0.0908 e. The van der Waals surface area contributed by atoms with Gasteiger partial charge in [0.15, 0.2) is 0 Å². The second-order valence-electron chi connectivity index (χ2n) is 1.29. The Bertz CT molecular complexity index is 138. The molecule has 1 aromatic heterocycles. The number of thiophene rings is 1. The van der Waals surface area contributed by atoms with Crippen molar-refractivity contribution in [3.63, 3.8) is 0 Å². The third kappa shape index (κ3) is 1.39. The first kappa shape index (κ1) is 5.92. The lowest BCUT2D eigenvalue weighted by molar-refractivity contribution is 1.51. The summed E-state index contributed by atoms with van der Waals surface area (Å²) in [5.74, 6) is 0. The van der Waals surface area contributed by atoms with Gasteiger partial charge in [0.2, 0.25) is 0 Å². The zero-order valence-corrected chi connectivity index (χ0v) is 5.80. The van der Waals surface area contributed by atoms with Gasteiger partial charge in [0.25, 0.3) is 0 Å². The number of anilines is 1. The average Bonchev–Trinajstić information content (AvgIpc) is 2.19. The minimum Gasteiger partial charge on any atom is -0.364 e. The van der Waals surface area contributed by atoms with Crippen molar-refractivity contribution >= 4 is 27.9 Å². The van der Waals surface area contributed by atoms with E-state index in [9.17, 15) is 0 Å². The molecule has 0 unspecified atom stereocenters. The Balaban J connectivity index is 2.50. The van der Waals surface area contributed by atoms with E-state index in [1.807, 2.05) is 17.5 Å². The highest BCUT2D eigenvalue weighted by atomic mass is 35.5. The van der Waals surface area contributed by atoms with Gasteiger partial charge in [-0.1, -0.05) is 0 Å². The van der Waals surface area contributed by atoms with E-state index in [1.165, 1.54) is 0 Å². The first-order valence-corrected chi connectivity index (χ1v) is 3.68. The lowest BCUT2D eigenvalue weighted by atomic mass is 10.6. The largest absolute Gasteiger partial charge is 0.364 e. The van der Waals surface area contributed by atoms with Crippen LogP contribution in [0.5, 0.6) is 0 Å². The fraction of sp³-hybridized carbons (Fsp3) is 0.200. The zero-order chi connectivity index (χ0) is 5.82. The van der Waals surface area contributed by atoms with E-state index in [2.05, 4.69) is 5.32 Å². The summed E-state index contributed by atoms with van der Waals surface area (Å²) in [6, 6.07) is 4.47. The monoisotopic (exact) mass is 147 g/mol. The van der Waals surface area contributed by atoms with Gasteiger partial charge in [0, 0.05) is 0 Å². The molecule has 0 aliphatic carbocycles. The van der Waals surface area contributed by atoms with Gasteiger partial charge in [-0.2, -0.15) is 0 Å². The summed E-state index contributed by atoms with van der Waals surface area (Å²) in [6.07, 6.45) is 0. The van der Waals surface area contributed by atoms with Crippen molar-refractivity contribution in [3.8, 4) is 0 Å². The molecule has 8 heavy (non-hydrogen) atoms. The molecule has 0 amide bonds. The van der Waals surface area contributed by atoms with Crippen molar-refractivity contribution in [2.75, 3.05) is 11.3 Å². The number of hydrogen-bond acceptors (Lipinski definition) is 2. The minimum atomic E-state index is 0.487. The summed E-state index contributed by atoms with van der Waals surface area (Å²) in [7, 11) is 0. The predicted octanol–water partition coefficient (Wildman–Crippen LogP) is 2.36. The second kappa shape index (κ2) is 2.95. The van der Waals surface area contributed by atoms with Gasteiger partial charge in [-0.05, 0) is 17.5 Å². The fourth-order valence-electron chi connectivity index (χ4n) is 0.445. The van der Waals surface area contributed by atoms with Crippen LogP contribution in [0.15, 0.2) is 17.5 Å². The van der Waals surface area contributed by atoms with E-state index in [1.54, 1.807) is 11.3 Å². The van der Waals surface area contributed by atoms with Gasteiger partial charge in [-0.3, -0.25) is 0 Å². The molecule has 0 atom stereocenters. The fourth-order valence-corrected chi connectivity index (χ4v) is 1.28. The normalized spacial score (nSPS) is 9.12. The maximum absolute atomic E-state index is 5.39. The Kier molecular flexibility index (Phi) is 2.18. The molecule has 0 fully saturated rings. The molecule has 0 aliphatic heterocycles. The first-order chi connectivity index (χ1) is 3.93. The molecule has 0 aliphatic rings. The van der Waals surface area contributed by atoms with E-state index >= 15 is 0 Å². The molecule has 0 saturated carbocycles. The Hall–Kier alpha value is -0.210. The van der Waals surface area contributed by atoms with Crippen molar-refractivity contribution in [1.29, 1.82) is 0 Å². The highest BCUT2D eigenvalue weighted by Gasteiger charge is 1.85. The Morgan fingerprint density at radius 1 is 1.75 bits per heavy atom. The van der Waals surface area contributed by atoms with Crippen LogP contribution in [0.25, 0.3) is 0 Å². The van der Waals surface area contributed by atoms with Gasteiger partial charge >= 0.3 is 0 Å². The van der Waals surface area contributed by atoms with Crippen LogP contribution in [0.3, 0.4) is 0 Å². The Labute approximate surface area is 57.3 Å². The minimum absolute atomic E-state index is 0.487. The van der Waals surface area contributed by atoms with Crippen LogP contribution in [-0.4, -0.2) is 6.00 Å². The molecule has 44 valence electrons. The number of halogens is 1. The SMILES string of the molecule is ClCNc1cccs1. The molecule has 1 heterocycles. The molecule has 0 spiro atoms. The molecule has 3 heteroatoms. The highest BCUT2D eigenvalue weighted by molar-refractivity contribution is 7.14. The molecule has 1 aromatic rings. The number of alkyl halides is 1. The molecule has 1 nitrogen and oxygen atoms in total. The van der Waals surface area contributed by atoms with Crippen LogP contribution in [0.1, 0.15) is 0 Å². The van der Waals surface area contributed by atoms with Crippen molar-refractivity contribution < 1.29 is 0 Å². The summed E-state index contributed by atoms with van der Waals surface area (Å²) < 4.78 is 0. The highest BCUT2D eigenvalue weighted by Crippen LogP contribution is 2.14. The van der Waals surface area contributed by atoms with Crippen molar-refractivity contribution in [2.24, 2.45) is 0 Å². The van der Waals surface area contributed by atoms with Crippen molar-refractivity contribution in [2.45, 2.75) is 0 Å². The van der Waals surface area contributed by atoms with Gasteiger partial charge in [-0.25, -0.2) is 0 Å². The summed E-state index contributed by atoms with van der Waals surface area (Å²) in [5.41, 5.74) is 0. The van der Waals surface area contributed by atoms with Crippen LogP contribution in [0.2, 0.25) is 0 Å². The topological polar surface area (TPSA) is 12.0 Å². The molecular formula is C5H6ClNS. The molecule has 0 bridgehead atoms.